The number of aliphatic hydroxyl groups excluding tert-OH is 1. The summed E-state index contributed by atoms with van der Waals surface area (Å²) >= 11 is 0. The lowest BCUT2D eigenvalue weighted by Crippen LogP contribution is -1.89. The number of hydrogen-bond acceptors (Lipinski definition) is 2. The molecule has 0 aromatic heterocycles. The molecule has 0 heterocycles. The van der Waals surface area contributed by atoms with Gasteiger partial charge in [-0.15, -0.1) is 0 Å². The molecule has 0 unspecified atom stereocenters. The molecule has 0 aliphatic carbocycles. The van der Waals surface area contributed by atoms with Gasteiger partial charge in [0.25, 0.3) is 0 Å². The van der Waals surface area contributed by atoms with Crippen molar-refractivity contribution >= 4 is 0 Å². The van der Waals surface area contributed by atoms with Crippen LogP contribution in [0.3, 0.4) is 0 Å². The fourth-order valence-electron chi connectivity index (χ4n) is 1.37. The predicted octanol–water partition coefficient (Wildman–Crippen LogP) is 4.50. The average molecular weight is 258 g/mol. The first-order valence-electron chi connectivity index (χ1n) is 6.61. The Kier molecular flexibility index (Phi) is 7.37. The van der Waals surface area contributed by atoms with Gasteiger partial charge in [-0.1, -0.05) is 50.2 Å². The fraction of sp³-hybridized carbons (Fsp3) is 0.294. The molecule has 2 heteroatoms. The van der Waals surface area contributed by atoms with Crippen molar-refractivity contribution in [1.29, 1.82) is 0 Å². The first-order valence-corrected chi connectivity index (χ1v) is 6.61. The van der Waals surface area contributed by atoms with Crippen molar-refractivity contribution in [3.63, 3.8) is 0 Å². The summed E-state index contributed by atoms with van der Waals surface area (Å²) in [6.45, 7) is 4.52. The average Bonchev–Trinajstić information content (AvgIpc) is 2.41. The molecule has 0 fully saturated rings. The van der Waals surface area contributed by atoms with Crippen LogP contribution in [0.4, 0.5) is 0 Å². The van der Waals surface area contributed by atoms with Gasteiger partial charge in [-0.05, 0) is 36.6 Å². The molecule has 0 saturated heterocycles. The van der Waals surface area contributed by atoms with Crippen LogP contribution >= 0.6 is 0 Å². The molecule has 0 aliphatic heterocycles. The zero-order chi connectivity index (χ0) is 13.9. The van der Waals surface area contributed by atoms with E-state index in [1.165, 1.54) is 0 Å². The second-order valence-corrected chi connectivity index (χ2v) is 4.63. The Morgan fingerprint density at radius 3 is 1.53 bits per heavy atom. The van der Waals surface area contributed by atoms with Gasteiger partial charge in [-0.3, -0.25) is 0 Å². The minimum absolute atomic E-state index is 0.331. The summed E-state index contributed by atoms with van der Waals surface area (Å²) in [5, 5.41) is 8.24. The van der Waals surface area contributed by atoms with Gasteiger partial charge < -0.3 is 9.84 Å². The minimum Gasteiger partial charge on any atom is -0.457 e. The van der Waals surface area contributed by atoms with Crippen molar-refractivity contribution in [2.75, 3.05) is 6.61 Å². The van der Waals surface area contributed by atoms with E-state index in [0.717, 1.165) is 17.9 Å². The maximum Gasteiger partial charge on any atom is 0.127 e. The summed E-state index contributed by atoms with van der Waals surface area (Å²) in [5.41, 5.74) is 0. The quantitative estimate of drug-likeness (QED) is 0.874. The van der Waals surface area contributed by atoms with Crippen LogP contribution in [-0.4, -0.2) is 11.7 Å². The third kappa shape index (κ3) is 7.27. The van der Waals surface area contributed by atoms with E-state index in [4.69, 9.17) is 9.84 Å². The second-order valence-electron chi connectivity index (χ2n) is 4.63. The monoisotopic (exact) mass is 258 g/mol. The van der Waals surface area contributed by atoms with Crippen molar-refractivity contribution < 1.29 is 9.84 Å². The number of rotatable bonds is 4. The molecule has 0 radical (unpaired) electrons. The largest absolute Gasteiger partial charge is 0.457 e. The van der Waals surface area contributed by atoms with Crippen LogP contribution in [-0.2, 0) is 0 Å². The molecule has 19 heavy (non-hydrogen) atoms. The van der Waals surface area contributed by atoms with Crippen LogP contribution < -0.4 is 4.74 Å². The van der Waals surface area contributed by atoms with E-state index in [0.29, 0.717) is 12.5 Å². The lowest BCUT2D eigenvalue weighted by atomic mass is 10.2. The van der Waals surface area contributed by atoms with Crippen LogP contribution in [0.2, 0.25) is 0 Å². The Morgan fingerprint density at radius 1 is 0.842 bits per heavy atom. The molecule has 2 aromatic rings. The first kappa shape index (κ1) is 15.3. The lowest BCUT2D eigenvalue weighted by molar-refractivity contribution is 0.268. The molecule has 0 amide bonds. The van der Waals surface area contributed by atoms with E-state index in [9.17, 15) is 0 Å². The lowest BCUT2D eigenvalue weighted by Gasteiger charge is -2.03. The number of ether oxygens (including phenoxy) is 1. The number of benzene rings is 2. The summed E-state index contributed by atoms with van der Waals surface area (Å²) in [6, 6.07) is 19.5. The Hall–Kier alpha value is -1.80. The molecular formula is C17H22O2. The van der Waals surface area contributed by atoms with E-state index in [1.807, 2.05) is 60.7 Å². The highest BCUT2D eigenvalue weighted by Gasteiger charge is 1.92. The Morgan fingerprint density at radius 2 is 1.26 bits per heavy atom. The van der Waals surface area contributed by atoms with E-state index in [2.05, 4.69) is 13.8 Å². The summed E-state index contributed by atoms with van der Waals surface area (Å²) in [6.07, 6.45) is 0.931. The normalized spacial score (nSPS) is 9.68. The molecule has 0 atom stereocenters. The van der Waals surface area contributed by atoms with Crippen molar-refractivity contribution in [2.45, 2.75) is 20.3 Å². The Balaban J connectivity index is 0.000000258. The van der Waals surface area contributed by atoms with Gasteiger partial charge in [0.1, 0.15) is 11.5 Å². The van der Waals surface area contributed by atoms with Crippen molar-refractivity contribution in [1.82, 2.24) is 0 Å². The fourth-order valence-corrected chi connectivity index (χ4v) is 1.37. The molecule has 0 aliphatic rings. The summed E-state index contributed by atoms with van der Waals surface area (Å²) < 4.78 is 5.58. The van der Waals surface area contributed by atoms with Crippen molar-refractivity contribution in [3.8, 4) is 11.5 Å². The van der Waals surface area contributed by atoms with E-state index in [-0.39, 0.29) is 0 Å². The molecule has 2 nitrogen and oxygen atoms in total. The van der Waals surface area contributed by atoms with Crippen molar-refractivity contribution in [2.24, 2.45) is 5.92 Å². The van der Waals surface area contributed by atoms with Crippen LogP contribution in [0, 0.1) is 5.92 Å². The summed E-state index contributed by atoms with van der Waals surface area (Å²) in [5.74, 6) is 2.39. The van der Waals surface area contributed by atoms with Gasteiger partial charge in [0.05, 0.1) is 0 Å². The van der Waals surface area contributed by atoms with Crippen LogP contribution in [0.5, 0.6) is 11.5 Å². The highest BCUT2D eigenvalue weighted by molar-refractivity contribution is 5.30. The highest BCUT2D eigenvalue weighted by atomic mass is 16.5. The third-order valence-corrected chi connectivity index (χ3v) is 2.43. The van der Waals surface area contributed by atoms with Crippen LogP contribution in [0.1, 0.15) is 20.3 Å². The van der Waals surface area contributed by atoms with Gasteiger partial charge in [0.2, 0.25) is 0 Å². The van der Waals surface area contributed by atoms with Gasteiger partial charge in [-0.2, -0.15) is 0 Å². The standard InChI is InChI=1S/C12H10O.C5H12O/c1-3-7-11(8-4-1)13-12-9-5-2-6-10-12;1-5(2)3-4-6/h1-10H;5-6H,3-4H2,1-2H3. The number of para-hydroxylation sites is 2. The molecule has 0 spiro atoms. The molecule has 1 N–H and O–H groups in total. The topological polar surface area (TPSA) is 29.5 Å². The summed E-state index contributed by atoms with van der Waals surface area (Å²) in [7, 11) is 0. The van der Waals surface area contributed by atoms with Crippen LogP contribution in [0.15, 0.2) is 60.7 Å². The molecule has 0 saturated carbocycles. The second kappa shape index (κ2) is 9.17. The zero-order valence-corrected chi connectivity index (χ0v) is 11.6. The smallest absolute Gasteiger partial charge is 0.127 e. The molecule has 102 valence electrons. The van der Waals surface area contributed by atoms with Crippen molar-refractivity contribution in [3.05, 3.63) is 60.7 Å². The van der Waals surface area contributed by atoms with E-state index < -0.39 is 0 Å². The van der Waals surface area contributed by atoms with Gasteiger partial charge in [0.15, 0.2) is 0 Å². The predicted molar refractivity (Wildman–Crippen MR) is 79.5 cm³/mol. The maximum atomic E-state index is 8.24. The zero-order valence-electron chi connectivity index (χ0n) is 11.6. The first-order chi connectivity index (χ1) is 9.22. The van der Waals surface area contributed by atoms with Gasteiger partial charge in [-0.25, -0.2) is 0 Å². The minimum atomic E-state index is 0.331. The van der Waals surface area contributed by atoms with Crippen LogP contribution in [0.25, 0.3) is 0 Å². The van der Waals surface area contributed by atoms with E-state index in [1.54, 1.807) is 0 Å². The number of aliphatic hydroxyl groups is 1. The SMILES string of the molecule is CC(C)CCO.c1ccc(Oc2ccccc2)cc1. The van der Waals surface area contributed by atoms with E-state index >= 15 is 0 Å². The molecular weight excluding hydrogens is 236 g/mol. The molecule has 0 bridgehead atoms. The Bertz CT molecular complexity index is 386. The molecule has 2 rings (SSSR count). The van der Waals surface area contributed by atoms with Gasteiger partial charge >= 0.3 is 0 Å². The maximum absolute atomic E-state index is 8.24. The summed E-state index contributed by atoms with van der Waals surface area (Å²) in [4.78, 5) is 0. The Labute approximate surface area is 115 Å². The molecule has 2 aromatic carbocycles. The van der Waals surface area contributed by atoms with Gasteiger partial charge in [0, 0.05) is 6.61 Å². The number of hydrogen-bond donors (Lipinski definition) is 1. The highest BCUT2D eigenvalue weighted by Crippen LogP contribution is 2.19. The third-order valence-electron chi connectivity index (χ3n) is 2.43.